The summed E-state index contributed by atoms with van der Waals surface area (Å²) in [4.78, 5) is 31.4. The number of hydrogen-bond donors (Lipinski definition) is 1. The number of fused-ring (bicyclic) bond motifs is 1. The lowest BCUT2D eigenvalue weighted by Gasteiger charge is -2.15. The first-order valence-corrected chi connectivity index (χ1v) is 11.4. The monoisotopic (exact) mass is 463 g/mol. The van der Waals surface area contributed by atoms with Crippen LogP contribution in [0.4, 0.5) is 5.69 Å². The molecule has 7 nitrogen and oxygen atoms in total. The fraction of sp³-hybridized carbons (Fsp3) is 0.240. The van der Waals surface area contributed by atoms with Crippen molar-refractivity contribution in [2.45, 2.75) is 26.3 Å². The molecular formula is C25H25N3O4S. The molecule has 4 aromatic rings. The van der Waals surface area contributed by atoms with E-state index in [0.29, 0.717) is 27.4 Å². The van der Waals surface area contributed by atoms with Crippen LogP contribution < -0.4 is 20.3 Å². The Balaban J connectivity index is 1.69. The molecular weight excluding hydrogens is 438 g/mol. The molecule has 170 valence electrons. The second-order valence-electron chi connectivity index (χ2n) is 7.57. The van der Waals surface area contributed by atoms with Crippen LogP contribution in [0.15, 0.2) is 59.0 Å². The number of anilines is 1. The van der Waals surface area contributed by atoms with Crippen LogP contribution in [0.2, 0.25) is 0 Å². The van der Waals surface area contributed by atoms with E-state index in [9.17, 15) is 9.59 Å². The molecule has 2 heterocycles. The minimum absolute atomic E-state index is 0.269. The Labute approximate surface area is 195 Å². The Morgan fingerprint density at radius 2 is 1.85 bits per heavy atom. The van der Waals surface area contributed by atoms with Crippen molar-refractivity contribution in [1.82, 2.24) is 9.55 Å². The van der Waals surface area contributed by atoms with Crippen LogP contribution in [-0.2, 0) is 11.2 Å². The second-order valence-corrected chi connectivity index (χ2v) is 8.43. The first-order valence-electron chi connectivity index (χ1n) is 10.6. The summed E-state index contributed by atoms with van der Waals surface area (Å²) in [6.07, 6.45) is 2.36. The van der Waals surface area contributed by atoms with Gasteiger partial charge in [-0.1, -0.05) is 25.1 Å². The first-order chi connectivity index (χ1) is 16.0. The molecule has 0 fully saturated rings. The summed E-state index contributed by atoms with van der Waals surface area (Å²) < 4.78 is 12.1. The second kappa shape index (κ2) is 9.46. The highest BCUT2D eigenvalue weighted by atomic mass is 32.1. The van der Waals surface area contributed by atoms with E-state index in [0.717, 1.165) is 17.5 Å². The van der Waals surface area contributed by atoms with Crippen LogP contribution in [0, 0.1) is 0 Å². The Kier molecular flexibility index (Phi) is 6.46. The molecule has 33 heavy (non-hydrogen) atoms. The van der Waals surface area contributed by atoms with Crippen molar-refractivity contribution in [2.24, 2.45) is 0 Å². The summed E-state index contributed by atoms with van der Waals surface area (Å²) in [6, 6.07) is 12.4. The van der Waals surface area contributed by atoms with Crippen LogP contribution in [0.25, 0.3) is 21.3 Å². The number of methoxy groups -OCH3 is 2. The van der Waals surface area contributed by atoms with Crippen molar-refractivity contribution in [2.75, 3.05) is 19.5 Å². The molecule has 8 heteroatoms. The summed E-state index contributed by atoms with van der Waals surface area (Å²) in [5.74, 6) is 0.888. The maximum Gasteiger partial charge on any atom is 0.263 e. The average molecular weight is 464 g/mol. The number of nitrogens with zero attached hydrogens (tertiary/aromatic N) is 2. The van der Waals surface area contributed by atoms with E-state index in [4.69, 9.17) is 9.47 Å². The van der Waals surface area contributed by atoms with Crippen molar-refractivity contribution >= 4 is 33.1 Å². The lowest BCUT2D eigenvalue weighted by molar-refractivity contribution is -0.118. The third kappa shape index (κ3) is 4.34. The zero-order valence-corrected chi connectivity index (χ0v) is 19.7. The number of ether oxygens (including phenoxy) is 2. The summed E-state index contributed by atoms with van der Waals surface area (Å²) in [6.45, 7) is 3.76. The third-order valence-corrected chi connectivity index (χ3v) is 6.53. The molecule has 1 unspecified atom stereocenters. The minimum Gasteiger partial charge on any atom is -0.493 e. The Hall–Kier alpha value is -3.65. The lowest BCUT2D eigenvalue weighted by Crippen LogP contribution is -2.31. The molecule has 0 bridgehead atoms. The maximum absolute atomic E-state index is 13.4. The first kappa shape index (κ1) is 22.5. The number of hydrogen-bond acceptors (Lipinski definition) is 6. The van der Waals surface area contributed by atoms with Gasteiger partial charge in [-0.25, -0.2) is 4.98 Å². The Morgan fingerprint density at radius 1 is 1.12 bits per heavy atom. The van der Waals surface area contributed by atoms with E-state index in [1.54, 1.807) is 27.2 Å². The normalized spacial score (nSPS) is 11.9. The zero-order chi connectivity index (χ0) is 23.5. The molecule has 0 saturated carbocycles. The summed E-state index contributed by atoms with van der Waals surface area (Å²) in [7, 11) is 3.14. The SMILES string of the molecule is CCc1ccc(NC(=O)C(C)n2cnc3scc(-c4ccc(OC)c(OC)c4)c3c2=O)cc1. The van der Waals surface area contributed by atoms with Crippen LogP contribution in [0.3, 0.4) is 0 Å². The van der Waals surface area contributed by atoms with Crippen LogP contribution in [-0.4, -0.2) is 29.7 Å². The van der Waals surface area contributed by atoms with Crippen molar-refractivity contribution in [3.05, 3.63) is 70.1 Å². The van der Waals surface area contributed by atoms with Gasteiger partial charge in [0.1, 0.15) is 10.9 Å². The van der Waals surface area contributed by atoms with Crippen molar-refractivity contribution < 1.29 is 14.3 Å². The molecule has 2 aromatic carbocycles. The van der Waals surface area contributed by atoms with E-state index in [-0.39, 0.29) is 11.5 Å². The van der Waals surface area contributed by atoms with Crippen molar-refractivity contribution in [1.29, 1.82) is 0 Å². The predicted molar refractivity (Wildman–Crippen MR) is 132 cm³/mol. The largest absolute Gasteiger partial charge is 0.493 e. The van der Waals surface area contributed by atoms with Crippen molar-refractivity contribution in [3.8, 4) is 22.6 Å². The number of benzene rings is 2. The highest BCUT2D eigenvalue weighted by molar-refractivity contribution is 7.17. The van der Waals surface area contributed by atoms with Gasteiger partial charge in [-0.15, -0.1) is 11.3 Å². The molecule has 0 saturated heterocycles. The number of rotatable bonds is 7. The molecule has 1 atom stereocenters. The van der Waals surface area contributed by atoms with E-state index in [2.05, 4.69) is 17.2 Å². The van der Waals surface area contributed by atoms with Gasteiger partial charge >= 0.3 is 0 Å². The summed E-state index contributed by atoms with van der Waals surface area (Å²) in [5.41, 5.74) is 3.16. The maximum atomic E-state index is 13.4. The van der Waals surface area contributed by atoms with E-state index < -0.39 is 6.04 Å². The van der Waals surface area contributed by atoms with Gasteiger partial charge in [0.2, 0.25) is 5.91 Å². The van der Waals surface area contributed by atoms with Gasteiger partial charge in [-0.2, -0.15) is 0 Å². The average Bonchev–Trinajstić information content (AvgIpc) is 3.29. The molecule has 1 amide bonds. The lowest BCUT2D eigenvalue weighted by atomic mass is 10.1. The molecule has 0 radical (unpaired) electrons. The fourth-order valence-electron chi connectivity index (χ4n) is 3.63. The molecule has 4 rings (SSSR count). The number of amides is 1. The third-order valence-electron chi connectivity index (χ3n) is 5.64. The van der Waals surface area contributed by atoms with E-state index in [1.807, 2.05) is 41.8 Å². The number of nitrogens with one attached hydrogen (secondary N) is 1. The topological polar surface area (TPSA) is 82.5 Å². The highest BCUT2D eigenvalue weighted by Crippen LogP contribution is 2.36. The van der Waals surface area contributed by atoms with Gasteiger partial charge in [0, 0.05) is 16.6 Å². The van der Waals surface area contributed by atoms with E-state index in [1.165, 1.54) is 27.8 Å². The van der Waals surface area contributed by atoms with Crippen LogP contribution in [0.1, 0.15) is 25.5 Å². The fourth-order valence-corrected chi connectivity index (χ4v) is 4.54. The van der Waals surface area contributed by atoms with Gasteiger partial charge in [-0.05, 0) is 48.7 Å². The van der Waals surface area contributed by atoms with E-state index >= 15 is 0 Å². The van der Waals surface area contributed by atoms with Crippen LogP contribution in [0.5, 0.6) is 11.5 Å². The standard InChI is InChI=1S/C25H25N3O4S/c1-5-16-6-9-18(10-7-16)27-23(29)15(2)28-14-26-24-22(25(28)30)19(13-33-24)17-8-11-20(31-3)21(12-17)32-4/h6-15H,5H2,1-4H3,(H,27,29). The Bertz CT molecular complexity index is 1360. The van der Waals surface area contributed by atoms with Gasteiger partial charge in [0.15, 0.2) is 11.5 Å². The number of aryl methyl sites for hydroxylation is 1. The molecule has 0 aliphatic heterocycles. The van der Waals surface area contributed by atoms with Gasteiger partial charge in [0.05, 0.1) is 25.9 Å². The smallest absolute Gasteiger partial charge is 0.263 e. The summed E-state index contributed by atoms with van der Waals surface area (Å²) in [5, 5.41) is 5.25. The highest BCUT2D eigenvalue weighted by Gasteiger charge is 2.21. The molecule has 0 aliphatic carbocycles. The molecule has 1 N–H and O–H groups in total. The quantitative estimate of drug-likeness (QED) is 0.421. The Morgan fingerprint density at radius 3 is 2.52 bits per heavy atom. The molecule has 2 aromatic heterocycles. The predicted octanol–water partition coefficient (Wildman–Crippen LogP) is 4.90. The number of carbonyl (C=O) groups is 1. The van der Waals surface area contributed by atoms with Gasteiger partial charge < -0.3 is 14.8 Å². The van der Waals surface area contributed by atoms with Crippen molar-refractivity contribution in [3.63, 3.8) is 0 Å². The molecule has 0 spiro atoms. The zero-order valence-electron chi connectivity index (χ0n) is 18.9. The van der Waals surface area contributed by atoms with Crippen LogP contribution >= 0.6 is 11.3 Å². The van der Waals surface area contributed by atoms with Gasteiger partial charge in [-0.3, -0.25) is 14.2 Å². The molecule has 0 aliphatic rings. The number of thiophene rings is 1. The number of aromatic nitrogens is 2. The minimum atomic E-state index is -0.738. The number of carbonyl (C=O) groups excluding carboxylic acids is 1. The van der Waals surface area contributed by atoms with Gasteiger partial charge in [0.25, 0.3) is 5.56 Å². The summed E-state index contributed by atoms with van der Waals surface area (Å²) >= 11 is 1.38.